The normalized spacial score (nSPS) is 18.0. The summed E-state index contributed by atoms with van der Waals surface area (Å²) in [6.07, 6.45) is 1.53. The first-order valence-electron chi connectivity index (χ1n) is 10.2. The van der Waals surface area contributed by atoms with Gasteiger partial charge >= 0.3 is 6.03 Å². The summed E-state index contributed by atoms with van der Waals surface area (Å²) < 4.78 is 40.9. The molecule has 8 nitrogen and oxygen atoms in total. The van der Waals surface area contributed by atoms with Crippen molar-refractivity contribution in [2.45, 2.75) is 33.4 Å². The third-order valence-electron chi connectivity index (χ3n) is 5.26. The first-order valence-corrected chi connectivity index (χ1v) is 11.8. The number of benzene rings is 1. The van der Waals surface area contributed by atoms with E-state index in [0.717, 1.165) is 5.69 Å². The number of hydrogen-bond acceptors (Lipinski definition) is 5. The minimum Gasteiger partial charge on any atom is -0.306 e. The zero-order valence-corrected chi connectivity index (χ0v) is 18.7. The molecule has 2 aromatic rings. The number of halogens is 1. The molecule has 0 spiro atoms. The van der Waals surface area contributed by atoms with Crippen LogP contribution in [0.1, 0.15) is 25.1 Å². The second kappa shape index (κ2) is 9.71. The van der Waals surface area contributed by atoms with Crippen LogP contribution in [0.4, 0.5) is 20.6 Å². The molecule has 0 bridgehead atoms. The van der Waals surface area contributed by atoms with E-state index < -0.39 is 21.9 Å². The van der Waals surface area contributed by atoms with E-state index in [1.807, 2.05) is 18.7 Å². The molecular weight excluding hydrogens is 421 g/mol. The largest absolute Gasteiger partial charge is 0.323 e. The summed E-state index contributed by atoms with van der Waals surface area (Å²) in [5.41, 5.74) is 1.85. The van der Waals surface area contributed by atoms with E-state index in [4.69, 9.17) is 0 Å². The average Bonchev–Trinajstić information content (AvgIpc) is 2.72. The number of rotatable bonds is 6. The molecule has 0 unspecified atom stereocenters. The lowest BCUT2D eigenvalue weighted by atomic mass is 10.1. The quantitative estimate of drug-likeness (QED) is 0.707. The third-order valence-corrected chi connectivity index (χ3v) is 7.25. The fourth-order valence-corrected chi connectivity index (χ4v) is 4.91. The Morgan fingerprint density at radius 3 is 2.65 bits per heavy atom. The monoisotopic (exact) mass is 449 g/mol. The van der Waals surface area contributed by atoms with Gasteiger partial charge in [-0.1, -0.05) is 12.1 Å². The molecule has 1 aliphatic heterocycles. The van der Waals surface area contributed by atoms with Gasteiger partial charge in [0.2, 0.25) is 10.0 Å². The highest BCUT2D eigenvalue weighted by molar-refractivity contribution is 7.89. The first-order chi connectivity index (χ1) is 14.7. The Balaban J connectivity index is 1.63. The van der Waals surface area contributed by atoms with Crippen LogP contribution in [0.3, 0.4) is 0 Å². The second-order valence-electron chi connectivity index (χ2n) is 7.64. The van der Waals surface area contributed by atoms with Gasteiger partial charge in [0.1, 0.15) is 0 Å². The Kier molecular flexibility index (Phi) is 7.24. The molecule has 31 heavy (non-hydrogen) atoms. The molecule has 1 aromatic heterocycles. The number of carbonyl (C=O) groups excluding carboxylic acids is 1. The molecular formula is C21H28FN5O3S. The van der Waals surface area contributed by atoms with Crippen LogP contribution >= 0.6 is 0 Å². The molecule has 2 heterocycles. The lowest BCUT2D eigenvalue weighted by Crippen LogP contribution is -2.53. The number of carbonyl (C=O) groups is 1. The number of aromatic nitrogens is 1. The minimum atomic E-state index is -3.25. The average molecular weight is 450 g/mol. The molecule has 10 heteroatoms. The van der Waals surface area contributed by atoms with E-state index in [9.17, 15) is 13.2 Å². The van der Waals surface area contributed by atoms with Crippen LogP contribution < -0.4 is 10.6 Å². The van der Waals surface area contributed by atoms with Crippen LogP contribution in [0.15, 0.2) is 36.5 Å². The fraction of sp³-hybridized carbons (Fsp3) is 0.429. The zero-order valence-electron chi connectivity index (χ0n) is 17.9. The maximum atomic E-state index is 15.0. The Morgan fingerprint density at radius 1 is 1.23 bits per heavy atom. The Morgan fingerprint density at radius 2 is 2.00 bits per heavy atom. The molecule has 2 N–H and O–H groups in total. The van der Waals surface area contributed by atoms with Gasteiger partial charge in [-0.3, -0.25) is 9.88 Å². The highest BCUT2D eigenvalue weighted by atomic mass is 32.2. The molecule has 1 atom stereocenters. The van der Waals surface area contributed by atoms with E-state index in [1.54, 1.807) is 31.2 Å². The summed E-state index contributed by atoms with van der Waals surface area (Å²) >= 11 is 0. The number of urea groups is 1. The number of anilines is 2. The number of sulfonamides is 1. The number of piperazine rings is 1. The second-order valence-corrected chi connectivity index (χ2v) is 9.85. The molecule has 0 radical (unpaired) electrons. The van der Waals surface area contributed by atoms with Crippen LogP contribution in [0.2, 0.25) is 0 Å². The predicted octanol–water partition coefficient (Wildman–Crippen LogP) is 3.03. The van der Waals surface area contributed by atoms with E-state index in [2.05, 4.69) is 15.6 Å². The van der Waals surface area contributed by atoms with Crippen molar-refractivity contribution < 1.29 is 17.6 Å². The van der Waals surface area contributed by atoms with Gasteiger partial charge in [-0.05, 0) is 39.0 Å². The summed E-state index contributed by atoms with van der Waals surface area (Å²) in [6.45, 7) is 7.07. The maximum absolute atomic E-state index is 15.0. The van der Waals surface area contributed by atoms with Gasteiger partial charge in [0.05, 0.1) is 23.3 Å². The fourth-order valence-electron chi connectivity index (χ4n) is 3.60. The van der Waals surface area contributed by atoms with Gasteiger partial charge in [-0.25, -0.2) is 17.6 Å². The van der Waals surface area contributed by atoms with Gasteiger partial charge in [-0.15, -0.1) is 0 Å². The van der Waals surface area contributed by atoms with Gasteiger partial charge in [0, 0.05) is 43.5 Å². The number of nitrogens with zero attached hydrogens (tertiary/aromatic N) is 3. The lowest BCUT2D eigenvalue weighted by molar-refractivity contribution is 0.137. The number of hydrogen-bond donors (Lipinski definition) is 2. The summed E-state index contributed by atoms with van der Waals surface area (Å²) in [5.74, 6) is -0.434. The van der Waals surface area contributed by atoms with Crippen LogP contribution in [0.5, 0.6) is 0 Å². The first kappa shape index (κ1) is 23.1. The molecule has 1 fully saturated rings. The van der Waals surface area contributed by atoms with Crippen molar-refractivity contribution in [1.82, 2.24) is 14.2 Å². The zero-order chi connectivity index (χ0) is 22.6. The third kappa shape index (κ3) is 5.78. The topological polar surface area (TPSA) is 94.6 Å². The number of amides is 2. The molecule has 2 amide bonds. The van der Waals surface area contributed by atoms with Gasteiger partial charge < -0.3 is 10.6 Å². The SMILES string of the molecule is CCS(=O)(=O)N1CCN(Cc2cccc(NC(=O)Nc3ccc(C)nc3)c2F)C[C@@H]1C. The van der Waals surface area contributed by atoms with Gasteiger partial charge in [-0.2, -0.15) is 4.31 Å². The highest BCUT2D eigenvalue weighted by Crippen LogP contribution is 2.22. The van der Waals surface area contributed by atoms with Crippen molar-refractivity contribution in [1.29, 1.82) is 0 Å². The van der Waals surface area contributed by atoms with E-state index >= 15 is 4.39 Å². The Labute approximate surface area is 182 Å². The Hall–Kier alpha value is -2.56. The molecule has 1 aliphatic rings. The lowest BCUT2D eigenvalue weighted by Gasteiger charge is -2.38. The number of aryl methyl sites for hydroxylation is 1. The van der Waals surface area contributed by atoms with E-state index in [0.29, 0.717) is 37.4 Å². The van der Waals surface area contributed by atoms with Crippen LogP contribution in [-0.4, -0.2) is 60.1 Å². The molecule has 3 rings (SSSR count). The molecule has 1 aromatic carbocycles. The van der Waals surface area contributed by atoms with Crippen LogP contribution in [0.25, 0.3) is 0 Å². The molecule has 0 aliphatic carbocycles. The Bertz CT molecular complexity index is 1030. The highest BCUT2D eigenvalue weighted by Gasteiger charge is 2.31. The summed E-state index contributed by atoms with van der Waals surface area (Å²) in [6, 6.07) is 7.59. The predicted molar refractivity (Wildman–Crippen MR) is 119 cm³/mol. The van der Waals surface area contributed by atoms with E-state index in [1.165, 1.54) is 16.6 Å². The van der Waals surface area contributed by atoms with Gasteiger partial charge in [0.25, 0.3) is 0 Å². The van der Waals surface area contributed by atoms with Gasteiger partial charge in [0.15, 0.2) is 5.82 Å². The number of pyridine rings is 1. The number of nitrogens with one attached hydrogen (secondary N) is 2. The van der Waals surface area contributed by atoms with Crippen molar-refractivity contribution >= 4 is 27.4 Å². The van der Waals surface area contributed by atoms with Crippen molar-refractivity contribution in [3.8, 4) is 0 Å². The van der Waals surface area contributed by atoms with Crippen molar-refractivity contribution in [3.63, 3.8) is 0 Å². The standard InChI is InChI=1S/C21H28FN5O3S/c1-4-31(29,30)27-11-10-26(13-16(27)3)14-17-6-5-7-19(20(17)22)25-21(28)24-18-9-8-15(2)23-12-18/h5-9,12,16H,4,10-11,13-14H2,1-3H3,(H2,24,25,28)/t16-/m0/s1. The smallest absolute Gasteiger partial charge is 0.306 e. The summed E-state index contributed by atoms with van der Waals surface area (Å²) in [7, 11) is -3.25. The van der Waals surface area contributed by atoms with Crippen LogP contribution in [0, 0.1) is 12.7 Å². The van der Waals surface area contributed by atoms with Crippen LogP contribution in [-0.2, 0) is 16.6 Å². The molecule has 168 valence electrons. The molecule has 1 saturated heterocycles. The summed E-state index contributed by atoms with van der Waals surface area (Å²) in [4.78, 5) is 18.4. The van der Waals surface area contributed by atoms with Crippen molar-refractivity contribution in [3.05, 3.63) is 53.6 Å². The maximum Gasteiger partial charge on any atom is 0.323 e. The molecule has 0 saturated carbocycles. The van der Waals surface area contributed by atoms with Crippen molar-refractivity contribution in [2.24, 2.45) is 0 Å². The van der Waals surface area contributed by atoms with Crippen molar-refractivity contribution in [2.75, 3.05) is 36.0 Å². The summed E-state index contributed by atoms with van der Waals surface area (Å²) in [5, 5.41) is 5.16. The van der Waals surface area contributed by atoms with E-state index in [-0.39, 0.29) is 17.5 Å². The minimum absolute atomic E-state index is 0.0698.